The minimum atomic E-state index is -0.171. The summed E-state index contributed by atoms with van der Waals surface area (Å²) in [5, 5.41) is 3.10. The van der Waals surface area contributed by atoms with Gasteiger partial charge < -0.3 is 21.5 Å². The maximum atomic E-state index is 12.6. The molecule has 1 fully saturated rings. The molecule has 26 heavy (non-hydrogen) atoms. The van der Waals surface area contributed by atoms with Crippen molar-refractivity contribution in [3.63, 3.8) is 0 Å². The number of nitrogens with two attached hydrogens (primary N) is 2. The quantitative estimate of drug-likeness (QED) is 0.716. The lowest BCUT2D eigenvalue weighted by atomic mass is 10.0. The molecule has 1 amide bonds. The fourth-order valence-corrected chi connectivity index (χ4v) is 3.30. The van der Waals surface area contributed by atoms with Crippen LogP contribution in [0.1, 0.15) is 28.8 Å². The van der Waals surface area contributed by atoms with Crippen molar-refractivity contribution in [1.29, 1.82) is 0 Å². The van der Waals surface area contributed by atoms with E-state index in [2.05, 4.69) is 34.5 Å². The maximum Gasteiger partial charge on any atom is 0.255 e. The number of likely N-dealkylation sites (tertiary alicyclic amines) is 1. The number of hydrogen-bond acceptors (Lipinski definition) is 5. The van der Waals surface area contributed by atoms with E-state index in [-0.39, 0.29) is 11.9 Å². The molecule has 6 nitrogen and oxygen atoms in total. The number of anilines is 2. The van der Waals surface area contributed by atoms with Crippen molar-refractivity contribution in [2.24, 2.45) is 0 Å². The Morgan fingerprint density at radius 2 is 1.81 bits per heavy atom. The molecule has 0 bridgehead atoms. The summed E-state index contributed by atoms with van der Waals surface area (Å²) in [6.45, 7) is 2.87. The zero-order valence-electron chi connectivity index (χ0n) is 15.1. The first-order valence-electron chi connectivity index (χ1n) is 8.87. The Balaban J connectivity index is 1.56. The smallest absolute Gasteiger partial charge is 0.255 e. The summed E-state index contributed by atoms with van der Waals surface area (Å²) in [7, 11) is 1.52. The van der Waals surface area contributed by atoms with Gasteiger partial charge in [0.05, 0.1) is 24.0 Å². The van der Waals surface area contributed by atoms with Gasteiger partial charge in [-0.05, 0) is 24.5 Å². The lowest BCUT2D eigenvalue weighted by Crippen LogP contribution is -2.44. The van der Waals surface area contributed by atoms with E-state index in [1.807, 2.05) is 6.07 Å². The van der Waals surface area contributed by atoms with Crippen molar-refractivity contribution in [2.45, 2.75) is 25.4 Å². The molecule has 0 spiro atoms. The highest BCUT2D eigenvalue weighted by atomic mass is 16.5. The van der Waals surface area contributed by atoms with E-state index in [0.717, 1.165) is 32.5 Å². The van der Waals surface area contributed by atoms with Crippen LogP contribution in [-0.4, -0.2) is 37.0 Å². The van der Waals surface area contributed by atoms with Crippen LogP contribution >= 0.6 is 0 Å². The summed E-state index contributed by atoms with van der Waals surface area (Å²) in [5.41, 5.74) is 14.2. The van der Waals surface area contributed by atoms with Gasteiger partial charge in [0.1, 0.15) is 5.75 Å². The van der Waals surface area contributed by atoms with Crippen LogP contribution in [-0.2, 0) is 6.54 Å². The first-order chi connectivity index (χ1) is 12.6. The predicted octanol–water partition coefficient (Wildman–Crippen LogP) is 2.25. The van der Waals surface area contributed by atoms with Gasteiger partial charge in [-0.3, -0.25) is 9.69 Å². The number of ether oxygens (including phenoxy) is 1. The number of hydrogen-bond donors (Lipinski definition) is 3. The monoisotopic (exact) mass is 354 g/mol. The van der Waals surface area contributed by atoms with E-state index in [4.69, 9.17) is 16.2 Å². The molecular formula is C20H26N4O2. The minimum Gasteiger partial charge on any atom is -0.496 e. The van der Waals surface area contributed by atoms with Gasteiger partial charge in [-0.15, -0.1) is 0 Å². The first-order valence-corrected chi connectivity index (χ1v) is 8.87. The summed E-state index contributed by atoms with van der Waals surface area (Å²) < 4.78 is 5.27. The maximum absolute atomic E-state index is 12.6. The second-order valence-electron chi connectivity index (χ2n) is 6.69. The van der Waals surface area contributed by atoms with Gasteiger partial charge >= 0.3 is 0 Å². The molecule has 0 aromatic heterocycles. The largest absolute Gasteiger partial charge is 0.496 e. The number of nitrogens with zero attached hydrogens (tertiary/aromatic N) is 1. The first kappa shape index (κ1) is 18.1. The molecule has 5 N–H and O–H groups in total. The number of carbonyl (C=O) groups is 1. The van der Waals surface area contributed by atoms with Crippen LogP contribution in [0.3, 0.4) is 0 Å². The fourth-order valence-electron chi connectivity index (χ4n) is 3.30. The van der Waals surface area contributed by atoms with Crippen LogP contribution < -0.4 is 21.5 Å². The van der Waals surface area contributed by atoms with Crippen LogP contribution in [0.5, 0.6) is 5.75 Å². The molecule has 1 aliphatic rings. The second-order valence-corrected chi connectivity index (χ2v) is 6.69. The third-order valence-corrected chi connectivity index (χ3v) is 4.82. The fraction of sp³-hybridized carbons (Fsp3) is 0.350. The van der Waals surface area contributed by atoms with Crippen LogP contribution in [0.2, 0.25) is 0 Å². The Morgan fingerprint density at radius 1 is 1.15 bits per heavy atom. The van der Waals surface area contributed by atoms with E-state index in [0.29, 0.717) is 22.7 Å². The predicted molar refractivity (Wildman–Crippen MR) is 104 cm³/mol. The van der Waals surface area contributed by atoms with E-state index >= 15 is 0 Å². The summed E-state index contributed by atoms with van der Waals surface area (Å²) in [4.78, 5) is 15.0. The molecule has 1 saturated heterocycles. The van der Waals surface area contributed by atoms with E-state index in [9.17, 15) is 4.79 Å². The zero-order chi connectivity index (χ0) is 18.5. The summed E-state index contributed by atoms with van der Waals surface area (Å²) in [6, 6.07) is 13.8. The third-order valence-electron chi connectivity index (χ3n) is 4.82. The molecule has 3 rings (SSSR count). The van der Waals surface area contributed by atoms with E-state index in [1.54, 1.807) is 12.1 Å². The number of methoxy groups -OCH3 is 1. The second kappa shape index (κ2) is 8.10. The molecule has 138 valence electrons. The topological polar surface area (TPSA) is 93.6 Å². The van der Waals surface area contributed by atoms with Gasteiger partial charge in [0.2, 0.25) is 0 Å². The molecule has 0 radical (unpaired) electrons. The number of benzene rings is 2. The van der Waals surface area contributed by atoms with Crippen LogP contribution in [0.15, 0.2) is 42.5 Å². The molecule has 2 aromatic rings. The van der Waals surface area contributed by atoms with Gasteiger partial charge in [0, 0.05) is 31.7 Å². The molecule has 0 saturated carbocycles. The van der Waals surface area contributed by atoms with Gasteiger partial charge in [0.25, 0.3) is 5.91 Å². The number of nitrogen functional groups attached to an aromatic ring is 2. The van der Waals surface area contributed by atoms with Crippen LogP contribution in [0.4, 0.5) is 11.4 Å². The number of amides is 1. The third kappa shape index (κ3) is 4.26. The molecule has 0 aliphatic carbocycles. The SMILES string of the molecule is COc1cc(N)c(N)cc1C(=O)NC1CCN(Cc2ccccc2)CC1. The highest BCUT2D eigenvalue weighted by molar-refractivity contribution is 5.99. The molecule has 6 heteroatoms. The molecule has 0 unspecified atom stereocenters. The lowest BCUT2D eigenvalue weighted by molar-refractivity contribution is 0.0906. The standard InChI is InChI=1S/C20H26N4O2/c1-26-19-12-18(22)17(21)11-16(19)20(25)23-15-7-9-24(10-8-15)13-14-5-3-2-4-6-14/h2-6,11-12,15H,7-10,13,21-22H2,1H3,(H,23,25). The van der Waals surface area contributed by atoms with E-state index in [1.165, 1.54) is 12.7 Å². The van der Waals surface area contributed by atoms with Gasteiger partial charge in [-0.2, -0.15) is 0 Å². The number of carbonyl (C=O) groups excluding carboxylic acids is 1. The van der Waals surface area contributed by atoms with E-state index < -0.39 is 0 Å². The highest BCUT2D eigenvalue weighted by Gasteiger charge is 2.23. The highest BCUT2D eigenvalue weighted by Crippen LogP contribution is 2.27. The van der Waals surface area contributed by atoms with Crippen LogP contribution in [0, 0.1) is 0 Å². The molecule has 1 aliphatic heterocycles. The number of piperidine rings is 1. The van der Waals surface area contributed by atoms with Gasteiger partial charge in [0.15, 0.2) is 0 Å². The van der Waals surface area contributed by atoms with Crippen molar-refractivity contribution in [3.8, 4) is 5.75 Å². The average Bonchev–Trinajstić information content (AvgIpc) is 2.66. The summed E-state index contributed by atoms with van der Waals surface area (Å²) >= 11 is 0. The molecular weight excluding hydrogens is 328 g/mol. The summed E-state index contributed by atoms with van der Waals surface area (Å²) in [5.74, 6) is 0.269. The van der Waals surface area contributed by atoms with Crippen molar-refractivity contribution in [3.05, 3.63) is 53.6 Å². The van der Waals surface area contributed by atoms with Crippen molar-refractivity contribution >= 4 is 17.3 Å². The van der Waals surface area contributed by atoms with Gasteiger partial charge in [-0.25, -0.2) is 0 Å². The molecule has 1 heterocycles. The van der Waals surface area contributed by atoms with Crippen molar-refractivity contribution in [1.82, 2.24) is 10.2 Å². The van der Waals surface area contributed by atoms with Crippen LogP contribution in [0.25, 0.3) is 0 Å². The molecule has 0 atom stereocenters. The van der Waals surface area contributed by atoms with Gasteiger partial charge in [-0.1, -0.05) is 30.3 Å². The average molecular weight is 354 g/mol. The normalized spacial score (nSPS) is 15.6. The number of rotatable bonds is 5. The summed E-state index contributed by atoms with van der Waals surface area (Å²) in [6.07, 6.45) is 1.84. The molecule has 2 aromatic carbocycles. The Morgan fingerprint density at radius 3 is 2.46 bits per heavy atom. The van der Waals surface area contributed by atoms with Crippen molar-refractivity contribution < 1.29 is 9.53 Å². The lowest BCUT2D eigenvalue weighted by Gasteiger charge is -2.32. The Labute approximate surface area is 154 Å². The Kier molecular flexibility index (Phi) is 5.63. The Bertz CT molecular complexity index is 756. The zero-order valence-corrected chi connectivity index (χ0v) is 15.1. The van der Waals surface area contributed by atoms with Crippen molar-refractivity contribution in [2.75, 3.05) is 31.7 Å². The Hall–Kier alpha value is -2.73. The number of nitrogens with one attached hydrogen (secondary N) is 1. The minimum absolute atomic E-state index is 0.151.